The smallest absolute Gasteiger partial charge is 0.258 e. The lowest BCUT2D eigenvalue weighted by molar-refractivity contribution is 0.241. The Hall–Kier alpha value is -3.95. The first-order chi connectivity index (χ1) is 17.6. The third-order valence-corrected chi connectivity index (χ3v) is 5.60. The van der Waals surface area contributed by atoms with Crippen LogP contribution in [0.4, 0.5) is 0 Å². The van der Waals surface area contributed by atoms with E-state index in [1.165, 1.54) is 23.1 Å². The second-order valence-corrected chi connectivity index (χ2v) is 8.40. The minimum atomic E-state index is 0.00290. The van der Waals surface area contributed by atoms with E-state index in [2.05, 4.69) is 22.3 Å². The number of hydrogen-bond acceptors (Lipinski definition) is 6. The molecule has 36 heavy (non-hydrogen) atoms. The van der Waals surface area contributed by atoms with Gasteiger partial charge in [-0.3, -0.25) is 0 Å². The van der Waals surface area contributed by atoms with Crippen molar-refractivity contribution in [3.05, 3.63) is 89.0 Å². The Morgan fingerprint density at radius 2 is 1.81 bits per heavy atom. The van der Waals surface area contributed by atoms with Crippen LogP contribution in [0.2, 0.25) is 0 Å². The molecule has 2 N–H and O–H groups in total. The van der Waals surface area contributed by atoms with Crippen LogP contribution in [-0.4, -0.2) is 16.2 Å². The Balaban J connectivity index is 0.000000305. The van der Waals surface area contributed by atoms with Gasteiger partial charge >= 0.3 is 0 Å². The summed E-state index contributed by atoms with van der Waals surface area (Å²) in [5, 5.41) is 13.6. The van der Waals surface area contributed by atoms with Crippen LogP contribution >= 0.6 is 0 Å². The van der Waals surface area contributed by atoms with E-state index in [4.69, 9.17) is 15.0 Å². The number of nitrogens with zero attached hydrogens (tertiary/aromatic N) is 3. The van der Waals surface area contributed by atoms with Crippen LogP contribution in [0.15, 0.2) is 71.3 Å². The highest BCUT2D eigenvalue weighted by atomic mass is 16.5. The zero-order valence-electron chi connectivity index (χ0n) is 21.5. The first-order valence-corrected chi connectivity index (χ1v) is 12.5. The van der Waals surface area contributed by atoms with Crippen molar-refractivity contribution >= 4 is 0 Å². The monoisotopic (exact) mass is 482 g/mol. The van der Waals surface area contributed by atoms with Crippen molar-refractivity contribution in [2.24, 2.45) is 5.73 Å². The highest BCUT2D eigenvalue weighted by molar-refractivity contribution is 5.66. The molecular weight excluding hydrogens is 448 g/mol. The zero-order chi connectivity index (χ0) is 25.9. The molecule has 0 radical (unpaired) electrons. The zero-order valence-corrected chi connectivity index (χ0v) is 21.5. The van der Waals surface area contributed by atoms with Gasteiger partial charge in [0, 0.05) is 17.7 Å². The second-order valence-electron chi connectivity index (χ2n) is 8.40. The Bertz CT molecular complexity index is 1290. The van der Waals surface area contributed by atoms with Crippen LogP contribution in [0.25, 0.3) is 22.8 Å². The van der Waals surface area contributed by atoms with Gasteiger partial charge in [0.25, 0.3) is 5.89 Å². The molecule has 0 fully saturated rings. The third kappa shape index (κ3) is 6.59. The molecule has 6 nitrogen and oxygen atoms in total. The molecule has 1 aliphatic rings. The van der Waals surface area contributed by atoms with Gasteiger partial charge in [-0.15, -0.1) is 0 Å². The maximum Gasteiger partial charge on any atom is 0.258 e. The fourth-order valence-electron chi connectivity index (χ4n) is 4.00. The first kappa shape index (κ1) is 26.7. The molecule has 1 aliphatic carbocycles. The maximum absolute atomic E-state index is 9.40. The van der Waals surface area contributed by atoms with E-state index >= 15 is 0 Å². The summed E-state index contributed by atoms with van der Waals surface area (Å²) in [6.07, 6.45) is 3.33. The lowest BCUT2D eigenvalue weighted by Gasteiger charge is -2.11. The van der Waals surface area contributed by atoms with Crippen LogP contribution in [-0.2, 0) is 19.4 Å². The summed E-state index contributed by atoms with van der Waals surface area (Å²) in [6, 6.07) is 23.7. The number of aromatic nitrogens is 2. The molecular formula is C30H34N4O2. The summed E-state index contributed by atoms with van der Waals surface area (Å²) in [5.74, 6) is 1.56. The normalized spacial score (nSPS) is 11.5. The van der Waals surface area contributed by atoms with Crippen LogP contribution < -0.4 is 10.5 Å². The van der Waals surface area contributed by atoms with Crippen LogP contribution in [0, 0.1) is 11.3 Å². The van der Waals surface area contributed by atoms with Gasteiger partial charge in [0.15, 0.2) is 0 Å². The Kier molecular flexibility index (Phi) is 9.79. The molecule has 0 aliphatic heterocycles. The molecule has 0 saturated heterocycles. The molecule has 0 amide bonds. The minimum Gasteiger partial charge on any atom is -0.490 e. The van der Waals surface area contributed by atoms with Crippen LogP contribution in [0.1, 0.15) is 56.4 Å². The lowest BCUT2D eigenvalue weighted by Crippen LogP contribution is -2.06. The molecule has 1 heterocycles. The minimum absolute atomic E-state index is 0.00290. The van der Waals surface area contributed by atoms with Crippen molar-refractivity contribution in [1.82, 2.24) is 10.1 Å². The van der Waals surface area contributed by atoms with E-state index in [9.17, 15) is 5.26 Å². The first-order valence-electron chi connectivity index (χ1n) is 12.5. The molecule has 4 aromatic rings. The average Bonchev–Trinajstić information content (AvgIpc) is 3.61. The summed E-state index contributed by atoms with van der Waals surface area (Å²) >= 11 is 0. The fourth-order valence-corrected chi connectivity index (χ4v) is 4.00. The predicted molar refractivity (Wildman–Crippen MR) is 143 cm³/mol. The molecule has 6 heteroatoms. The summed E-state index contributed by atoms with van der Waals surface area (Å²) in [5.41, 5.74) is 11.4. The average molecular weight is 483 g/mol. The summed E-state index contributed by atoms with van der Waals surface area (Å²) in [6.45, 7) is 8.50. The Labute approximate surface area is 213 Å². The van der Waals surface area contributed by atoms with Crippen molar-refractivity contribution in [3.63, 3.8) is 0 Å². The van der Waals surface area contributed by atoms with E-state index in [1.54, 1.807) is 12.1 Å². The number of nitrogens with two attached hydrogens (primary N) is 1. The van der Waals surface area contributed by atoms with Gasteiger partial charge < -0.3 is 15.0 Å². The van der Waals surface area contributed by atoms with E-state index in [0.29, 0.717) is 35.1 Å². The van der Waals surface area contributed by atoms with E-state index in [0.717, 1.165) is 18.4 Å². The number of rotatable bonds is 5. The SMILES string of the molecule is CC.CC(C)Oc1ccc(-c2nc(-c3cccc4c3CCC4)no2)cc1C#N.NCc1ccccc1. The van der Waals surface area contributed by atoms with Gasteiger partial charge in [-0.25, -0.2) is 0 Å². The highest BCUT2D eigenvalue weighted by Crippen LogP contribution is 2.32. The molecule has 0 bridgehead atoms. The highest BCUT2D eigenvalue weighted by Gasteiger charge is 2.20. The third-order valence-electron chi connectivity index (χ3n) is 5.60. The van der Waals surface area contributed by atoms with Crippen molar-refractivity contribution in [1.29, 1.82) is 5.26 Å². The molecule has 0 unspecified atom stereocenters. The molecule has 0 saturated carbocycles. The molecule has 5 rings (SSSR count). The number of benzene rings is 3. The second kappa shape index (κ2) is 13.2. The predicted octanol–water partition coefficient (Wildman–Crippen LogP) is 6.72. The Morgan fingerprint density at radius 3 is 2.47 bits per heavy atom. The molecule has 3 aromatic carbocycles. The van der Waals surface area contributed by atoms with E-state index in [-0.39, 0.29) is 6.10 Å². The van der Waals surface area contributed by atoms with Gasteiger partial charge in [-0.05, 0) is 68.0 Å². The van der Waals surface area contributed by atoms with Gasteiger partial charge in [0.1, 0.15) is 11.8 Å². The number of ether oxygens (including phenoxy) is 1. The number of nitriles is 1. The van der Waals surface area contributed by atoms with Crippen molar-refractivity contribution in [2.45, 2.75) is 59.6 Å². The quantitative estimate of drug-likeness (QED) is 0.339. The number of fused-ring (bicyclic) bond motifs is 1. The Morgan fingerprint density at radius 1 is 1.03 bits per heavy atom. The maximum atomic E-state index is 9.40. The summed E-state index contributed by atoms with van der Waals surface area (Å²) in [4.78, 5) is 4.57. The number of aryl methyl sites for hydroxylation is 1. The van der Waals surface area contributed by atoms with Gasteiger partial charge in [-0.1, -0.05) is 67.5 Å². The fraction of sp³-hybridized carbons (Fsp3) is 0.300. The van der Waals surface area contributed by atoms with Crippen molar-refractivity contribution in [2.75, 3.05) is 0 Å². The lowest BCUT2D eigenvalue weighted by atomic mass is 10.0. The van der Waals surface area contributed by atoms with Gasteiger partial charge in [0.05, 0.1) is 11.7 Å². The van der Waals surface area contributed by atoms with Crippen LogP contribution in [0.5, 0.6) is 5.75 Å². The van der Waals surface area contributed by atoms with Crippen LogP contribution in [0.3, 0.4) is 0 Å². The summed E-state index contributed by atoms with van der Waals surface area (Å²) < 4.78 is 11.1. The summed E-state index contributed by atoms with van der Waals surface area (Å²) in [7, 11) is 0. The molecule has 0 atom stereocenters. The standard InChI is InChI=1S/C21H19N3O2.C7H9N.C2H6/c1-13(2)25-19-10-9-15(11-16(19)12-22)21-23-20(24-26-21)18-8-4-6-14-5-3-7-17(14)18;8-6-7-4-2-1-3-5-7;1-2/h4,6,8-11,13H,3,5,7H2,1-2H3;1-5H,6,8H2;1-2H3. The van der Waals surface area contributed by atoms with Crippen molar-refractivity contribution < 1.29 is 9.26 Å². The molecule has 186 valence electrons. The van der Waals surface area contributed by atoms with Gasteiger partial charge in [-0.2, -0.15) is 10.2 Å². The van der Waals surface area contributed by atoms with E-state index in [1.807, 2.05) is 76.2 Å². The van der Waals surface area contributed by atoms with Crippen molar-refractivity contribution in [3.8, 4) is 34.7 Å². The van der Waals surface area contributed by atoms with E-state index < -0.39 is 0 Å². The largest absolute Gasteiger partial charge is 0.490 e. The molecule has 0 spiro atoms. The topological polar surface area (TPSA) is 98.0 Å². The molecule has 1 aromatic heterocycles. The van der Waals surface area contributed by atoms with Gasteiger partial charge in [0.2, 0.25) is 5.82 Å². The number of hydrogen-bond donors (Lipinski definition) is 1.